The largest absolute Gasteiger partial charge is 0.490 e. The molecule has 5 heteroatoms. The van der Waals surface area contributed by atoms with Crippen LogP contribution in [0.25, 0.3) is 0 Å². The minimum Gasteiger partial charge on any atom is -0.490 e. The van der Waals surface area contributed by atoms with Gasteiger partial charge in [-0.1, -0.05) is 29.8 Å². The molecule has 78 valence electrons. The molecule has 0 bridgehead atoms. The van der Waals surface area contributed by atoms with Crippen molar-refractivity contribution in [2.24, 2.45) is 0 Å². The van der Waals surface area contributed by atoms with E-state index in [1.165, 1.54) is 13.2 Å². The first kappa shape index (κ1) is 12.9. The van der Waals surface area contributed by atoms with Gasteiger partial charge < -0.3 is 4.74 Å². The van der Waals surface area contributed by atoms with E-state index in [4.69, 9.17) is 4.74 Å². The van der Waals surface area contributed by atoms with Gasteiger partial charge in [-0.15, -0.1) is 0 Å². The van der Waals surface area contributed by atoms with E-state index in [1.54, 1.807) is 12.1 Å². The molecule has 0 aliphatic rings. The quantitative estimate of drug-likeness (QED) is 0.606. The maximum atomic E-state index is 10.4. The van der Waals surface area contributed by atoms with E-state index in [0.717, 1.165) is 0 Å². The molecule has 14 heavy (non-hydrogen) atoms. The number of nitrogens with zero attached hydrogens (tertiary/aromatic N) is 1. The van der Waals surface area contributed by atoms with Gasteiger partial charge in [0.15, 0.2) is 5.75 Å². The van der Waals surface area contributed by atoms with Gasteiger partial charge in [0.05, 0.1) is 12.0 Å². The third-order valence-corrected chi connectivity index (χ3v) is 1.83. The van der Waals surface area contributed by atoms with Crippen LogP contribution in [0, 0.1) is 10.1 Å². The van der Waals surface area contributed by atoms with E-state index in [0.29, 0.717) is 4.47 Å². The Kier molecular flexibility index (Phi) is 5.87. The topological polar surface area (TPSA) is 52.4 Å². The molecule has 0 spiro atoms. The Hall–Kier alpha value is -1.10. The van der Waals surface area contributed by atoms with Crippen LogP contribution < -0.4 is 4.74 Å². The molecular weight excluding hydrogens is 250 g/mol. The van der Waals surface area contributed by atoms with Gasteiger partial charge in [0.2, 0.25) is 0 Å². The number of hydrogen-bond acceptors (Lipinski definition) is 3. The molecule has 0 aliphatic heterocycles. The minimum atomic E-state index is -0.483. The number of methoxy groups -OCH3 is 1. The van der Waals surface area contributed by atoms with Crippen LogP contribution in [-0.2, 0) is 0 Å². The third-order valence-electron chi connectivity index (χ3n) is 1.34. The molecule has 1 aromatic carbocycles. The Bertz CT molecular complexity index is 315. The zero-order chi connectivity index (χ0) is 11.1. The maximum absolute atomic E-state index is 10.4. The van der Waals surface area contributed by atoms with Crippen LogP contribution in [0.1, 0.15) is 13.8 Å². The van der Waals surface area contributed by atoms with Crippen molar-refractivity contribution in [3.63, 3.8) is 0 Å². The van der Waals surface area contributed by atoms with Gasteiger partial charge in [-0.2, -0.15) is 0 Å². The van der Waals surface area contributed by atoms with Crippen LogP contribution in [0.2, 0.25) is 0 Å². The Labute approximate surface area is 91.2 Å². The predicted octanol–water partition coefficient (Wildman–Crippen LogP) is 3.39. The smallest absolute Gasteiger partial charge is 0.312 e. The van der Waals surface area contributed by atoms with Crippen molar-refractivity contribution < 1.29 is 9.66 Å². The molecular formula is C9H12BrNO3. The average Bonchev–Trinajstić information content (AvgIpc) is 2.20. The second kappa shape index (κ2) is 6.37. The van der Waals surface area contributed by atoms with E-state index < -0.39 is 4.92 Å². The molecule has 0 aromatic heterocycles. The monoisotopic (exact) mass is 261 g/mol. The highest BCUT2D eigenvalue weighted by Gasteiger charge is 2.13. The van der Waals surface area contributed by atoms with Crippen molar-refractivity contribution in [2.45, 2.75) is 13.8 Å². The molecule has 0 fully saturated rings. The van der Waals surface area contributed by atoms with E-state index in [1.807, 2.05) is 13.8 Å². The maximum Gasteiger partial charge on any atom is 0.312 e. The zero-order valence-electron chi connectivity index (χ0n) is 8.28. The minimum absolute atomic E-state index is 0.0353. The molecule has 0 radical (unpaired) electrons. The zero-order valence-corrected chi connectivity index (χ0v) is 9.87. The Morgan fingerprint density at radius 2 is 2.00 bits per heavy atom. The van der Waals surface area contributed by atoms with Gasteiger partial charge in [0.25, 0.3) is 0 Å². The number of halogens is 1. The van der Waals surface area contributed by atoms with Crippen LogP contribution in [-0.4, -0.2) is 12.0 Å². The second-order valence-electron chi connectivity index (χ2n) is 2.07. The summed E-state index contributed by atoms with van der Waals surface area (Å²) in [4.78, 5) is 9.96. The molecule has 0 N–H and O–H groups in total. The summed E-state index contributed by atoms with van der Waals surface area (Å²) in [7, 11) is 1.40. The standard InChI is InChI=1S/C7H6BrNO3.C2H6/c1-12-7-3-2-5(8)4-6(7)9(10)11;1-2/h2-4H,1H3;1-2H3. The lowest BCUT2D eigenvalue weighted by Crippen LogP contribution is -1.92. The van der Waals surface area contributed by atoms with Gasteiger partial charge in [-0.3, -0.25) is 10.1 Å². The highest BCUT2D eigenvalue weighted by Crippen LogP contribution is 2.29. The Morgan fingerprint density at radius 3 is 2.43 bits per heavy atom. The lowest BCUT2D eigenvalue weighted by molar-refractivity contribution is -0.385. The fraction of sp³-hybridized carbons (Fsp3) is 0.333. The van der Waals surface area contributed by atoms with E-state index >= 15 is 0 Å². The van der Waals surface area contributed by atoms with Crippen LogP contribution in [0.3, 0.4) is 0 Å². The summed E-state index contributed by atoms with van der Waals surface area (Å²) < 4.78 is 5.46. The molecule has 0 saturated heterocycles. The van der Waals surface area contributed by atoms with E-state index in [-0.39, 0.29) is 11.4 Å². The number of ether oxygens (including phenoxy) is 1. The number of hydrogen-bond donors (Lipinski definition) is 0. The summed E-state index contributed by atoms with van der Waals surface area (Å²) in [5.41, 5.74) is -0.0353. The normalized spacial score (nSPS) is 8.57. The second-order valence-corrected chi connectivity index (χ2v) is 2.99. The number of nitro groups is 1. The van der Waals surface area contributed by atoms with Crippen LogP contribution in [0.4, 0.5) is 5.69 Å². The predicted molar refractivity (Wildman–Crippen MR) is 58.7 cm³/mol. The van der Waals surface area contributed by atoms with Gasteiger partial charge >= 0.3 is 5.69 Å². The van der Waals surface area contributed by atoms with E-state index in [2.05, 4.69) is 15.9 Å². The SMILES string of the molecule is CC.COc1ccc(Br)cc1[N+](=O)[O-]. The molecule has 1 rings (SSSR count). The first-order valence-corrected chi connectivity index (χ1v) is 4.92. The van der Waals surface area contributed by atoms with Gasteiger partial charge in [-0.25, -0.2) is 0 Å². The van der Waals surface area contributed by atoms with Crippen LogP contribution in [0.15, 0.2) is 22.7 Å². The third kappa shape index (κ3) is 3.33. The molecule has 4 nitrogen and oxygen atoms in total. The van der Waals surface area contributed by atoms with Crippen LogP contribution in [0.5, 0.6) is 5.75 Å². The number of benzene rings is 1. The lowest BCUT2D eigenvalue weighted by atomic mass is 10.3. The average molecular weight is 262 g/mol. The summed E-state index contributed by atoms with van der Waals surface area (Å²) >= 11 is 3.13. The summed E-state index contributed by atoms with van der Waals surface area (Å²) in [5, 5.41) is 10.4. The molecule has 0 atom stereocenters. The summed E-state index contributed by atoms with van der Waals surface area (Å²) in [6.45, 7) is 4.00. The van der Waals surface area contributed by atoms with Crippen LogP contribution >= 0.6 is 15.9 Å². The first-order valence-electron chi connectivity index (χ1n) is 4.13. The summed E-state index contributed by atoms with van der Waals surface area (Å²) in [6.07, 6.45) is 0. The Balaban J connectivity index is 0.000000791. The number of rotatable bonds is 2. The lowest BCUT2D eigenvalue weighted by Gasteiger charge is -2.00. The fourth-order valence-electron chi connectivity index (χ4n) is 0.806. The number of nitro benzene ring substituents is 1. The molecule has 0 unspecified atom stereocenters. The van der Waals surface area contributed by atoms with Crippen molar-refractivity contribution in [3.05, 3.63) is 32.8 Å². The summed E-state index contributed by atoms with van der Waals surface area (Å²) in [5.74, 6) is 0.267. The summed E-state index contributed by atoms with van der Waals surface area (Å²) in [6, 6.07) is 4.63. The van der Waals surface area contributed by atoms with Crippen molar-refractivity contribution in [2.75, 3.05) is 7.11 Å². The highest BCUT2D eigenvalue weighted by atomic mass is 79.9. The van der Waals surface area contributed by atoms with E-state index in [9.17, 15) is 10.1 Å². The van der Waals surface area contributed by atoms with Gasteiger partial charge in [-0.05, 0) is 12.1 Å². The fourth-order valence-corrected chi connectivity index (χ4v) is 1.15. The molecule has 0 amide bonds. The van der Waals surface area contributed by atoms with Crippen molar-refractivity contribution in [3.8, 4) is 5.75 Å². The van der Waals surface area contributed by atoms with Crippen molar-refractivity contribution in [1.29, 1.82) is 0 Å². The van der Waals surface area contributed by atoms with Gasteiger partial charge in [0, 0.05) is 10.5 Å². The Morgan fingerprint density at radius 1 is 1.43 bits per heavy atom. The highest BCUT2D eigenvalue weighted by molar-refractivity contribution is 9.10. The van der Waals surface area contributed by atoms with Gasteiger partial charge in [0.1, 0.15) is 0 Å². The van der Waals surface area contributed by atoms with Crippen molar-refractivity contribution >= 4 is 21.6 Å². The molecule has 1 aromatic rings. The molecule has 0 aliphatic carbocycles. The first-order chi connectivity index (χ1) is 6.65. The van der Waals surface area contributed by atoms with Crippen molar-refractivity contribution in [1.82, 2.24) is 0 Å². The molecule has 0 heterocycles. The molecule has 0 saturated carbocycles.